The summed E-state index contributed by atoms with van der Waals surface area (Å²) < 4.78 is 46.9. The van der Waals surface area contributed by atoms with Gasteiger partial charge in [0.1, 0.15) is 0 Å². The number of piperazine rings is 1. The van der Waals surface area contributed by atoms with Crippen molar-refractivity contribution in [3.8, 4) is 0 Å². The number of hydrogen-bond donors (Lipinski definition) is 0. The number of hydrogen-bond acceptors (Lipinski definition) is 5. The Hall–Kier alpha value is -2.33. The molecule has 0 N–H and O–H groups in total. The first-order valence-electron chi connectivity index (χ1n) is 13.4. The van der Waals surface area contributed by atoms with Gasteiger partial charge in [-0.05, 0) is 56.2 Å². The molecule has 1 amide bonds. The van der Waals surface area contributed by atoms with Crippen molar-refractivity contribution in [3.63, 3.8) is 0 Å². The molecule has 0 saturated carbocycles. The van der Waals surface area contributed by atoms with Crippen LogP contribution in [0.2, 0.25) is 5.02 Å². The summed E-state index contributed by atoms with van der Waals surface area (Å²) in [4.78, 5) is 21.9. The SMILES string of the molecule is C[C@@H]1CN(CCN2CCN(C(=O)c3cc(N(C)C)cc(C(F)(F)F)c3)[C@H](Cc3ccc(Cl)cc3)C2)C[C@H](C)O1. The van der Waals surface area contributed by atoms with E-state index in [2.05, 4.69) is 23.6 Å². The molecule has 2 heterocycles. The van der Waals surface area contributed by atoms with E-state index in [0.717, 1.165) is 43.9 Å². The average molecular weight is 567 g/mol. The third-order valence-electron chi connectivity index (χ3n) is 7.45. The van der Waals surface area contributed by atoms with Gasteiger partial charge in [0, 0.05) is 82.2 Å². The number of morpholine rings is 1. The summed E-state index contributed by atoms with van der Waals surface area (Å²) in [6.07, 6.45) is -3.57. The predicted molar refractivity (Wildman–Crippen MR) is 149 cm³/mol. The summed E-state index contributed by atoms with van der Waals surface area (Å²) in [6, 6.07) is 10.9. The Morgan fingerprint density at radius 2 is 1.62 bits per heavy atom. The highest BCUT2D eigenvalue weighted by molar-refractivity contribution is 6.30. The van der Waals surface area contributed by atoms with Crippen LogP contribution in [0.5, 0.6) is 0 Å². The number of anilines is 1. The van der Waals surface area contributed by atoms with Crippen molar-refractivity contribution in [1.29, 1.82) is 0 Å². The Morgan fingerprint density at radius 3 is 2.23 bits per heavy atom. The molecule has 2 saturated heterocycles. The lowest BCUT2D eigenvalue weighted by Gasteiger charge is -2.43. The lowest BCUT2D eigenvalue weighted by atomic mass is 10.00. The topological polar surface area (TPSA) is 39.3 Å². The van der Waals surface area contributed by atoms with Gasteiger partial charge in [-0.25, -0.2) is 0 Å². The standard InChI is InChI=1S/C29H38ClF3N4O2/c1-20-17-36(18-21(2)39-20)10-9-35-11-12-37(27(19-35)13-22-5-7-25(30)8-6-22)28(38)23-14-24(29(31,32)33)16-26(15-23)34(3)4/h5-8,14-16,20-21,27H,9-13,17-19H2,1-4H3/t20-,21+,27-/m1/s1. The largest absolute Gasteiger partial charge is 0.416 e. The van der Waals surface area contributed by atoms with Crippen LogP contribution in [0, 0.1) is 0 Å². The van der Waals surface area contributed by atoms with Crippen molar-refractivity contribution >= 4 is 23.2 Å². The van der Waals surface area contributed by atoms with Gasteiger partial charge in [0.05, 0.1) is 17.8 Å². The molecular weight excluding hydrogens is 529 g/mol. The van der Waals surface area contributed by atoms with Crippen molar-refractivity contribution in [3.05, 3.63) is 64.2 Å². The summed E-state index contributed by atoms with van der Waals surface area (Å²) in [7, 11) is 3.34. The van der Waals surface area contributed by atoms with Crippen LogP contribution < -0.4 is 4.90 Å². The molecule has 214 valence electrons. The molecular formula is C29H38ClF3N4O2. The van der Waals surface area contributed by atoms with E-state index in [0.29, 0.717) is 36.8 Å². The molecule has 6 nitrogen and oxygen atoms in total. The molecule has 2 aliphatic rings. The second kappa shape index (κ2) is 12.5. The second-order valence-electron chi connectivity index (χ2n) is 11.0. The maximum atomic E-state index is 13.8. The molecule has 0 radical (unpaired) electrons. The molecule has 39 heavy (non-hydrogen) atoms. The number of benzene rings is 2. The fraction of sp³-hybridized carbons (Fsp3) is 0.552. The Bertz CT molecular complexity index is 1120. The van der Waals surface area contributed by atoms with Gasteiger partial charge in [-0.15, -0.1) is 0 Å². The van der Waals surface area contributed by atoms with Gasteiger partial charge in [-0.3, -0.25) is 14.6 Å². The maximum absolute atomic E-state index is 13.8. The lowest BCUT2D eigenvalue weighted by molar-refractivity contribution is -0.137. The first-order chi connectivity index (χ1) is 18.4. The van der Waals surface area contributed by atoms with E-state index in [9.17, 15) is 18.0 Å². The molecule has 0 aromatic heterocycles. The van der Waals surface area contributed by atoms with Crippen LogP contribution in [0.1, 0.15) is 35.3 Å². The maximum Gasteiger partial charge on any atom is 0.416 e. The van der Waals surface area contributed by atoms with Crippen molar-refractivity contribution in [2.45, 2.75) is 44.7 Å². The van der Waals surface area contributed by atoms with Crippen LogP contribution in [0.25, 0.3) is 0 Å². The molecule has 2 fully saturated rings. The van der Waals surface area contributed by atoms with Gasteiger partial charge in [-0.1, -0.05) is 23.7 Å². The zero-order chi connectivity index (χ0) is 28.3. The van der Waals surface area contributed by atoms with E-state index in [-0.39, 0.29) is 29.7 Å². The number of amides is 1. The van der Waals surface area contributed by atoms with Crippen LogP contribution in [-0.4, -0.2) is 98.8 Å². The molecule has 2 aromatic carbocycles. The van der Waals surface area contributed by atoms with Gasteiger partial charge in [0.2, 0.25) is 0 Å². The Balaban J connectivity index is 1.54. The normalized spacial score (nSPS) is 23.2. The van der Waals surface area contributed by atoms with E-state index < -0.39 is 11.7 Å². The van der Waals surface area contributed by atoms with E-state index >= 15 is 0 Å². The first-order valence-corrected chi connectivity index (χ1v) is 13.8. The van der Waals surface area contributed by atoms with Crippen LogP contribution in [0.4, 0.5) is 18.9 Å². The first kappa shape index (κ1) is 29.6. The van der Waals surface area contributed by atoms with Crippen molar-refractivity contribution in [1.82, 2.24) is 14.7 Å². The van der Waals surface area contributed by atoms with Crippen molar-refractivity contribution < 1.29 is 22.7 Å². The highest BCUT2D eigenvalue weighted by atomic mass is 35.5. The third kappa shape index (κ3) is 7.87. The van der Waals surface area contributed by atoms with Crippen LogP contribution in [-0.2, 0) is 17.3 Å². The molecule has 0 aliphatic carbocycles. The summed E-state index contributed by atoms with van der Waals surface area (Å²) in [5, 5.41) is 0.631. The average Bonchev–Trinajstić information content (AvgIpc) is 2.87. The van der Waals surface area contributed by atoms with Crippen molar-refractivity contribution in [2.24, 2.45) is 0 Å². The van der Waals surface area contributed by atoms with Crippen LogP contribution in [0.15, 0.2) is 42.5 Å². The number of carbonyl (C=O) groups is 1. The Kier molecular flexibility index (Phi) is 9.47. The Labute approximate surface area is 234 Å². The van der Waals surface area contributed by atoms with Gasteiger partial charge < -0.3 is 14.5 Å². The quantitative estimate of drug-likeness (QED) is 0.477. The summed E-state index contributed by atoms with van der Waals surface area (Å²) in [5.41, 5.74) is 0.603. The zero-order valence-electron chi connectivity index (χ0n) is 23.0. The number of nitrogens with zero attached hydrogens (tertiary/aromatic N) is 4. The summed E-state index contributed by atoms with van der Waals surface area (Å²) >= 11 is 6.08. The number of alkyl halides is 3. The molecule has 3 atom stereocenters. The fourth-order valence-corrected chi connectivity index (χ4v) is 5.66. The molecule has 2 aromatic rings. The number of rotatable bonds is 7. The van der Waals surface area contributed by atoms with Crippen LogP contribution >= 0.6 is 11.6 Å². The zero-order valence-corrected chi connectivity index (χ0v) is 23.8. The Morgan fingerprint density at radius 1 is 0.974 bits per heavy atom. The van der Waals surface area contributed by atoms with Gasteiger partial charge in [0.15, 0.2) is 0 Å². The van der Waals surface area contributed by atoms with Crippen LogP contribution in [0.3, 0.4) is 0 Å². The summed E-state index contributed by atoms with van der Waals surface area (Å²) in [5.74, 6) is -0.376. The molecule has 2 aliphatic heterocycles. The van der Waals surface area contributed by atoms with E-state index in [1.165, 1.54) is 0 Å². The minimum absolute atomic E-state index is 0.0550. The molecule has 10 heteroatoms. The third-order valence-corrected chi connectivity index (χ3v) is 7.70. The molecule has 0 spiro atoms. The second-order valence-corrected chi connectivity index (χ2v) is 11.4. The van der Waals surface area contributed by atoms with Gasteiger partial charge >= 0.3 is 6.18 Å². The van der Waals surface area contributed by atoms with Gasteiger partial charge in [-0.2, -0.15) is 13.2 Å². The fourth-order valence-electron chi connectivity index (χ4n) is 5.53. The summed E-state index contributed by atoms with van der Waals surface area (Å²) in [6.45, 7) is 9.46. The van der Waals surface area contributed by atoms with Gasteiger partial charge in [0.25, 0.3) is 5.91 Å². The molecule has 0 unspecified atom stereocenters. The lowest BCUT2D eigenvalue weighted by Crippen LogP contribution is -2.57. The minimum Gasteiger partial charge on any atom is -0.378 e. The number of carbonyl (C=O) groups excluding carboxylic acids is 1. The number of ether oxygens (including phenoxy) is 1. The highest BCUT2D eigenvalue weighted by Gasteiger charge is 2.35. The number of halogens is 4. The predicted octanol–water partition coefficient (Wildman–Crippen LogP) is 4.90. The van der Waals surface area contributed by atoms with E-state index in [1.54, 1.807) is 30.0 Å². The highest BCUT2D eigenvalue weighted by Crippen LogP contribution is 2.33. The van der Waals surface area contributed by atoms with Crippen molar-refractivity contribution in [2.75, 3.05) is 64.8 Å². The smallest absolute Gasteiger partial charge is 0.378 e. The van der Waals surface area contributed by atoms with E-state index in [4.69, 9.17) is 16.3 Å². The monoisotopic (exact) mass is 566 g/mol. The van der Waals surface area contributed by atoms with E-state index in [1.807, 2.05) is 24.3 Å². The minimum atomic E-state index is -4.54. The molecule has 0 bridgehead atoms. The molecule has 4 rings (SSSR count).